The van der Waals surface area contributed by atoms with Crippen molar-refractivity contribution >= 4 is 0 Å². The number of rotatable bonds is 1. The lowest BCUT2D eigenvalue weighted by atomic mass is 10.0. The molecule has 0 aromatic carbocycles. The Morgan fingerprint density at radius 1 is 1.20 bits per heavy atom. The fourth-order valence-corrected chi connectivity index (χ4v) is 2.59. The molecule has 1 nitrogen and oxygen atoms in total. The first kappa shape index (κ1) is 6.66. The van der Waals surface area contributed by atoms with Crippen molar-refractivity contribution < 1.29 is 0 Å². The molecule has 1 heteroatoms. The molecule has 0 spiro atoms. The van der Waals surface area contributed by atoms with Gasteiger partial charge in [0.05, 0.1) is 0 Å². The van der Waals surface area contributed by atoms with Crippen molar-refractivity contribution in [2.75, 3.05) is 19.6 Å². The summed E-state index contributed by atoms with van der Waals surface area (Å²) in [6.07, 6.45) is 4.54. The lowest BCUT2D eigenvalue weighted by molar-refractivity contribution is 0.328. The third-order valence-electron chi connectivity index (χ3n) is 3.25. The zero-order valence-corrected chi connectivity index (χ0v) is 6.84. The molecule has 0 aromatic rings. The summed E-state index contributed by atoms with van der Waals surface area (Å²) in [4.78, 5) is 2.61. The molecule has 2 rings (SSSR count). The molecule has 2 atom stereocenters. The third kappa shape index (κ3) is 0.968. The standard InChI is InChI=1S/C9H17N/c1-2-10-6-8-4-3-5-9(8)7-10/h8-9H,2-7H2,1H3. The molecular formula is C9H17N. The van der Waals surface area contributed by atoms with E-state index in [2.05, 4.69) is 11.8 Å². The van der Waals surface area contributed by atoms with Crippen LogP contribution in [0.1, 0.15) is 26.2 Å². The van der Waals surface area contributed by atoms with E-state index in [1.54, 1.807) is 0 Å². The molecule has 0 amide bonds. The highest BCUT2D eigenvalue weighted by Crippen LogP contribution is 2.37. The Bertz CT molecular complexity index is 110. The SMILES string of the molecule is CCN1CC2CCCC2C1. The first-order valence-electron chi connectivity index (χ1n) is 4.62. The molecular weight excluding hydrogens is 122 g/mol. The Balaban J connectivity index is 1.94. The Kier molecular flexibility index (Phi) is 1.69. The number of fused-ring (bicyclic) bond motifs is 1. The van der Waals surface area contributed by atoms with Crippen molar-refractivity contribution in [1.82, 2.24) is 4.90 Å². The van der Waals surface area contributed by atoms with E-state index in [-0.39, 0.29) is 0 Å². The minimum Gasteiger partial charge on any atom is -0.303 e. The predicted octanol–water partition coefficient (Wildman–Crippen LogP) is 1.74. The van der Waals surface area contributed by atoms with E-state index in [1.807, 2.05) is 0 Å². The average molecular weight is 139 g/mol. The number of hydrogen-bond acceptors (Lipinski definition) is 1. The van der Waals surface area contributed by atoms with Crippen LogP contribution in [0.5, 0.6) is 0 Å². The fourth-order valence-electron chi connectivity index (χ4n) is 2.59. The van der Waals surface area contributed by atoms with E-state index in [4.69, 9.17) is 0 Å². The van der Waals surface area contributed by atoms with Crippen LogP contribution in [0.2, 0.25) is 0 Å². The van der Waals surface area contributed by atoms with E-state index in [0.29, 0.717) is 0 Å². The van der Waals surface area contributed by atoms with Gasteiger partial charge < -0.3 is 4.90 Å². The summed E-state index contributed by atoms with van der Waals surface area (Å²) in [6, 6.07) is 0. The Morgan fingerprint density at radius 2 is 1.80 bits per heavy atom. The van der Waals surface area contributed by atoms with Crippen LogP contribution < -0.4 is 0 Å². The minimum atomic E-state index is 1.08. The molecule has 1 aliphatic carbocycles. The highest BCUT2D eigenvalue weighted by molar-refractivity contribution is 4.87. The second kappa shape index (κ2) is 2.54. The molecule has 0 bridgehead atoms. The van der Waals surface area contributed by atoms with Crippen LogP contribution in [0.15, 0.2) is 0 Å². The molecule has 58 valence electrons. The van der Waals surface area contributed by atoms with E-state index in [9.17, 15) is 0 Å². The summed E-state index contributed by atoms with van der Waals surface area (Å²) in [7, 11) is 0. The summed E-state index contributed by atoms with van der Waals surface area (Å²) in [5.41, 5.74) is 0. The fraction of sp³-hybridized carbons (Fsp3) is 1.00. The van der Waals surface area contributed by atoms with Gasteiger partial charge in [-0.3, -0.25) is 0 Å². The van der Waals surface area contributed by atoms with E-state index in [0.717, 1.165) is 11.8 Å². The van der Waals surface area contributed by atoms with Gasteiger partial charge in [0.2, 0.25) is 0 Å². The van der Waals surface area contributed by atoms with Crippen LogP contribution in [-0.4, -0.2) is 24.5 Å². The van der Waals surface area contributed by atoms with Crippen LogP contribution in [0, 0.1) is 11.8 Å². The first-order valence-corrected chi connectivity index (χ1v) is 4.62. The van der Waals surface area contributed by atoms with Gasteiger partial charge in [-0.2, -0.15) is 0 Å². The van der Waals surface area contributed by atoms with Gasteiger partial charge >= 0.3 is 0 Å². The van der Waals surface area contributed by atoms with Gasteiger partial charge in [0.15, 0.2) is 0 Å². The summed E-state index contributed by atoms with van der Waals surface area (Å²) in [6.45, 7) is 6.36. The van der Waals surface area contributed by atoms with Crippen molar-refractivity contribution in [2.45, 2.75) is 26.2 Å². The van der Waals surface area contributed by atoms with E-state index < -0.39 is 0 Å². The number of likely N-dealkylation sites (tertiary alicyclic amines) is 1. The summed E-state index contributed by atoms with van der Waals surface area (Å²) < 4.78 is 0. The van der Waals surface area contributed by atoms with Crippen molar-refractivity contribution in [3.63, 3.8) is 0 Å². The van der Waals surface area contributed by atoms with Crippen LogP contribution >= 0.6 is 0 Å². The molecule has 1 saturated carbocycles. The highest BCUT2D eigenvalue weighted by atomic mass is 15.1. The highest BCUT2D eigenvalue weighted by Gasteiger charge is 2.34. The first-order chi connectivity index (χ1) is 4.90. The van der Waals surface area contributed by atoms with E-state index in [1.165, 1.54) is 38.9 Å². The van der Waals surface area contributed by atoms with Gasteiger partial charge in [-0.25, -0.2) is 0 Å². The quantitative estimate of drug-likeness (QED) is 0.535. The largest absolute Gasteiger partial charge is 0.303 e. The molecule has 10 heavy (non-hydrogen) atoms. The van der Waals surface area contributed by atoms with Crippen LogP contribution in [0.4, 0.5) is 0 Å². The molecule has 2 unspecified atom stereocenters. The zero-order valence-electron chi connectivity index (χ0n) is 6.84. The van der Waals surface area contributed by atoms with Crippen LogP contribution in [0.25, 0.3) is 0 Å². The number of hydrogen-bond donors (Lipinski definition) is 0. The van der Waals surface area contributed by atoms with Gasteiger partial charge in [0.25, 0.3) is 0 Å². The normalized spacial score (nSPS) is 40.5. The van der Waals surface area contributed by atoms with Crippen LogP contribution in [-0.2, 0) is 0 Å². The van der Waals surface area contributed by atoms with Crippen molar-refractivity contribution in [3.8, 4) is 0 Å². The van der Waals surface area contributed by atoms with Gasteiger partial charge in [0, 0.05) is 13.1 Å². The summed E-state index contributed by atoms with van der Waals surface area (Å²) in [5.74, 6) is 2.17. The van der Waals surface area contributed by atoms with Crippen molar-refractivity contribution in [1.29, 1.82) is 0 Å². The summed E-state index contributed by atoms with van der Waals surface area (Å²) >= 11 is 0. The van der Waals surface area contributed by atoms with Crippen molar-refractivity contribution in [3.05, 3.63) is 0 Å². The average Bonchev–Trinajstić information content (AvgIpc) is 2.42. The van der Waals surface area contributed by atoms with Crippen molar-refractivity contribution in [2.24, 2.45) is 11.8 Å². The lowest BCUT2D eigenvalue weighted by Crippen LogP contribution is -2.20. The molecule has 1 aliphatic heterocycles. The molecule has 1 saturated heterocycles. The number of nitrogens with zero attached hydrogens (tertiary/aromatic N) is 1. The van der Waals surface area contributed by atoms with E-state index >= 15 is 0 Å². The lowest BCUT2D eigenvalue weighted by Gasteiger charge is -2.12. The second-order valence-electron chi connectivity index (χ2n) is 3.80. The van der Waals surface area contributed by atoms with Gasteiger partial charge in [-0.05, 0) is 31.2 Å². The third-order valence-corrected chi connectivity index (χ3v) is 3.25. The minimum absolute atomic E-state index is 1.08. The Labute approximate surface area is 63.4 Å². The molecule has 0 radical (unpaired) electrons. The molecule has 2 aliphatic rings. The monoisotopic (exact) mass is 139 g/mol. The second-order valence-corrected chi connectivity index (χ2v) is 3.80. The molecule has 0 aromatic heterocycles. The topological polar surface area (TPSA) is 3.24 Å². The molecule has 1 heterocycles. The maximum Gasteiger partial charge on any atom is 0.00128 e. The van der Waals surface area contributed by atoms with Gasteiger partial charge in [-0.15, -0.1) is 0 Å². The summed E-state index contributed by atoms with van der Waals surface area (Å²) in [5, 5.41) is 0. The Morgan fingerprint density at radius 3 is 2.30 bits per heavy atom. The smallest absolute Gasteiger partial charge is 0.00128 e. The van der Waals surface area contributed by atoms with Gasteiger partial charge in [-0.1, -0.05) is 13.3 Å². The van der Waals surface area contributed by atoms with Crippen LogP contribution in [0.3, 0.4) is 0 Å². The molecule has 2 fully saturated rings. The predicted molar refractivity (Wildman–Crippen MR) is 42.9 cm³/mol. The maximum atomic E-state index is 2.61. The zero-order chi connectivity index (χ0) is 6.97. The molecule has 0 N–H and O–H groups in total. The van der Waals surface area contributed by atoms with Gasteiger partial charge in [0.1, 0.15) is 0 Å². The maximum absolute atomic E-state index is 2.61. The Hall–Kier alpha value is -0.0400.